The average molecular weight is 557 g/mol. The largest absolute Gasteiger partial charge is 0.507 e. The number of phenolic OH excluding ortho intramolecular Hbond substituents is 1. The van der Waals surface area contributed by atoms with Gasteiger partial charge < -0.3 is 26.2 Å². The Morgan fingerprint density at radius 1 is 1.15 bits per heavy atom. The number of hydrogen-bond donors (Lipinski definition) is 4. The van der Waals surface area contributed by atoms with Gasteiger partial charge in [-0.05, 0) is 70.3 Å². The molecule has 0 spiro atoms. The lowest BCUT2D eigenvalue weighted by Gasteiger charge is -2.52. The molecule has 1 amide bonds. The quantitative estimate of drug-likeness (QED) is 0.341. The number of anilines is 1. The van der Waals surface area contributed by atoms with Crippen LogP contribution >= 0.6 is 0 Å². The number of carbonyl (C=O) groups excluding carboxylic acids is 5. The van der Waals surface area contributed by atoms with E-state index >= 15 is 0 Å². The molecular formula is C29H40N4O7. The number of rotatable bonds is 7. The van der Waals surface area contributed by atoms with E-state index in [-0.39, 0.29) is 29.7 Å². The van der Waals surface area contributed by atoms with E-state index in [4.69, 9.17) is 5.73 Å². The van der Waals surface area contributed by atoms with Crippen molar-refractivity contribution in [1.82, 2.24) is 10.2 Å². The lowest BCUT2D eigenvalue weighted by Crippen LogP contribution is -2.74. The summed E-state index contributed by atoms with van der Waals surface area (Å²) in [5.41, 5.74) is 4.59. The number of hydrogen-bond acceptors (Lipinski definition) is 10. The van der Waals surface area contributed by atoms with Crippen molar-refractivity contribution >= 4 is 34.7 Å². The highest BCUT2D eigenvalue weighted by Gasteiger charge is 2.69. The molecular weight excluding hydrogens is 516 g/mol. The highest BCUT2D eigenvalue weighted by molar-refractivity contribution is 6.32. The normalized spacial score (nSPS) is 30.2. The van der Waals surface area contributed by atoms with E-state index in [1.54, 1.807) is 14.1 Å². The van der Waals surface area contributed by atoms with Gasteiger partial charge in [-0.25, -0.2) is 0 Å². The second-order valence-electron chi connectivity index (χ2n) is 12.5. The zero-order chi connectivity index (χ0) is 30.1. The second kappa shape index (κ2) is 10.0. The molecule has 0 aromatic heterocycles. The van der Waals surface area contributed by atoms with Gasteiger partial charge in [-0.2, -0.15) is 0 Å². The first-order valence-electron chi connectivity index (χ1n) is 13.6. The molecule has 1 aromatic rings. The maximum Gasteiger partial charge on any atom is 0.235 e. The molecule has 1 aromatic carbocycles. The van der Waals surface area contributed by atoms with Gasteiger partial charge in [0.2, 0.25) is 5.91 Å². The zero-order valence-electron chi connectivity index (χ0n) is 24.2. The number of aliphatic hydroxyl groups is 1. The summed E-state index contributed by atoms with van der Waals surface area (Å²) in [5.74, 6) is -10.5. The van der Waals surface area contributed by atoms with E-state index in [1.165, 1.54) is 11.0 Å². The van der Waals surface area contributed by atoms with E-state index in [1.807, 2.05) is 19.0 Å². The van der Waals surface area contributed by atoms with E-state index < -0.39 is 64.4 Å². The topological polar surface area (TPSA) is 170 Å². The number of Topliss-reactive ketones (excluding diaryl/α,β-unsaturated/α-hetero) is 4. The molecule has 2 unspecified atom stereocenters. The number of fused-ring (bicyclic) bond motifs is 3. The molecule has 3 aliphatic carbocycles. The van der Waals surface area contributed by atoms with Crippen LogP contribution in [0.1, 0.15) is 55.1 Å². The second-order valence-corrected chi connectivity index (χ2v) is 12.5. The van der Waals surface area contributed by atoms with Gasteiger partial charge in [-0.3, -0.25) is 28.9 Å². The minimum absolute atomic E-state index is 0.00574. The Bertz CT molecular complexity index is 1300. The van der Waals surface area contributed by atoms with E-state index in [0.717, 1.165) is 17.7 Å². The van der Waals surface area contributed by atoms with Crippen molar-refractivity contribution in [3.63, 3.8) is 0 Å². The van der Waals surface area contributed by atoms with Gasteiger partial charge in [-0.1, -0.05) is 6.92 Å². The number of ketones is 4. The summed E-state index contributed by atoms with van der Waals surface area (Å²) in [4.78, 5) is 70.0. The van der Waals surface area contributed by atoms with Crippen LogP contribution in [0.2, 0.25) is 0 Å². The Morgan fingerprint density at radius 2 is 1.77 bits per heavy atom. The van der Waals surface area contributed by atoms with Gasteiger partial charge >= 0.3 is 0 Å². The number of nitrogens with two attached hydrogens (primary N) is 1. The van der Waals surface area contributed by atoms with Crippen molar-refractivity contribution < 1.29 is 34.2 Å². The predicted molar refractivity (Wildman–Crippen MR) is 147 cm³/mol. The molecule has 0 saturated heterocycles. The summed E-state index contributed by atoms with van der Waals surface area (Å²) < 4.78 is 0. The van der Waals surface area contributed by atoms with Gasteiger partial charge in [0.25, 0.3) is 0 Å². The molecule has 40 heavy (non-hydrogen) atoms. The number of likely N-dealkylation sites (N-methyl/N-ethyl adjacent to an activating group) is 1. The summed E-state index contributed by atoms with van der Waals surface area (Å²) in [6.45, 7) is 6.64. The van der Waals surface area contributed by atoms with Crippen molar-refractivity contribution in [3.05, 3.63) is 22.8 Å². The summed E-state index contributed by atoms with van der Waals surface area (Å²) in [5, 5.41) is 26.3. The fourth-order valence-corrected chi connectivity index (χ4v) is 6.88. The molecule has 5 N–H and O–H groups in total. The number of aromatic hydroxyl groups is 1. The number of nitrogens with one attached hydrogen (secondary N) is 1. The molecule has 3 aliphatic rings. The summed E-state index contributed by atoms with van der Waals surface area (Å²) in [6, 6.07) is 0.390. The van der Waals surface area contributed by atoms with Gasteiger partial charge in [0.15, 0.2) is 34.7 Å². The summed E-state index contributed by atoms with van der Waals surface area (Å²) in [7, 11) is 6.81. The minimum Gasteiger partial charge on any atom is -0.507 e. The first-order chi connectivity index (χ1) is 18.5. The zero-order valence-corrected chi connectivity index (χ0v) is 24.2. The Balaban J connectivity index is 1.85. The molecule has 0 aliphatic heterocycles. The van der Waals surface area contributed by atoms with Crippen LogP contribution in [0.15, 0.2) is 6.07 Å². The standard InChI is InChI=1S/C29H40N4O7/c1-8-28(2,3)31-12-14-11-17(34)19-15(21(14)32(4)5)9-13-10-16-22(33(6)7)24(36)20(27(30)39)26(38)29(16,40)25(37)18(13)23(19)35/h11,13,16,18,20,22,31,34,40H,8-10,12H2,1-7H3,(H2,30,39)/t13-,16-,18?,20?,22-,29-/m0/s1. The van der Waals surface area contributed by atoms with Gasteiger partial charge in [0, 0.05) is 37.8 Å². The highest BCUT2D eigenvalue weighted by Crippen LogP contribution is 2.52. The summed E-state index contributed by atoms with van der Waals surface area (Å²) in [6.07, 6.45) is 1.11. The smallest absolute Gasteiger partial charge is 0.235 e. The van der Waals surface area contributed by atoms with Gasteiger partial charge in [0.1, 0.15) is 5.75 Å². The van der Waals surface area contributed by atoms with E-state index in [2.05, 4.69) is 26.1 Å². The predicted octanol–water partition coefficient (Wildman–Crippen LogP) is 0.211. The fraction of sp³-hybridized carbons (Fsp3) is 0.621. The van der Waals surface area contributed by atoms with Crippen LogP contribution in [0.3, 0.4) is 0 Å². The van der Waals surface area contributed by atoms with Crippen LogP contribution in [0.4, 0.5) is 5.69 Å². The number of amides is 1. The van der Waals surface area contributed by atoms with Crippen molar-refractivity contribution in [1.29, 1.82) is 0 Å². The maximum absolute atomic E-state index is 14.0. The lowest BCUT2D eigenvalue weighted by atomic mass is 9.52. The van der Waals surface area contributed by atoms with E-state index in [9.17, 15) is 34.2 Å². The van der Waals surface area contributed by atoms with Crippen LogP contribution in [0.5, 0.6) is 5.75 Å². The Labute approximate surface area is 234 Å². The Hall–Kier alpha value is -3.15. The Kier molecular flexibility index (Phi) is 7.49. The highest BCUT2D eigenvalue weighted by atomic mass is 16.3. The molecule has 6 atom stereocenters. The number of primary amides is 1. The fourth-order valence-electron chi connectivity index (χ4n) is 6.88. The monoisotopic (exact) mass is 556 g/mol. The number of phenols is 1. The van der Waals surface area contributed by atoms with Crippen molar-refractivity contribution in [2.45, 2.75) is 63.8 Å². The number of nitrogens with zero attached hydrogens (tertiary/aromatic N) is 2. The van der Waals surface area contributed by atoms with Crippen molar-refractivity contribution in [3.8, 4) is 5.75 Å². The minimum atomic E-state index is -2.73. The van der Waals surface area contributed by atoms with Crippen molar-refractivity contribution in [2.75, 3.05) is 33.1 Å². The lowest BCUT2D eigenvalue weighted by molar-refractivity contribution is -0.181. The SMILES string of the molecule is CCC(C)(C)NCc1cc(O)c2c(c1N(C)C)C[C@H]1C[C@H]3[C@H](N(C)C)C(=O)C(C(N)=O)C(=O)[C@@]3(O)C(=O)C1C2=O. The molecule has 218 valence electrons. The third kappa shape index (κ3) is 4.35. The van der Waals surface area contributed by atoms with Crippen LogP contribution in [0, 0.1) is 23.7 Å². The van der Waals surface area contributed by atoms with E-state index in [0.29, 0.717) is 12.1 Å². The number of benzene rings is 1. The third-order valence-corrected chi connectivity index (χ3v) is 9.20. The van der Waals surface area contributed by atoms with Crippen LogP contribution < -0.4 is 16.0 Å². The van der Waals surface area contributed by atoms with Crippen molar-refractivity contribution in [2.24, 2.45) is 29.4 Å². The first-order valence-corrected chi connectivity index (χ1v) is 13.6. The van der Waals surface area contributed by atoms with Crippen LogP contribution in [-0.4, -0.2) is 89.5 Å². The molecule has 2 fully saturated rings. The number of carbonyl (C=O) groups is 5. The van der Waals surface area contributed by atoms with Crippen LogP contribution in [-0.2, 0) is 32.1 Å². The molecule has 0 heterocycles. The molecule has 0 bridgehead atoms. The molecule has 11 nitrogen and oxygen atoms in total. The molecule has 11 heteroatoms. The maximum atomic E-state index is 14.0. The van der Waals surface area contributed by atoms with Crippen LogP contribution in [0.25, 0.3) is 0 Å². The van der Waals surface area contributed by atoms with Gasteiger partial charge in [0.05, 0.1) is 17.5 Å². The molecule has 2 saturated carbocycles. The van der Waals surface area contributed by atoms with Gasteiger partial charge in [-0.15, -0.1) is 0 Å². The molecule has 4 rings (SSSR count). The third-order valence-electron chi connectivity index (χ3n) is 9.20. The summed E-state index contributed by atoms with van der Waals surface area (Å²) >= 11 is 0. The average Bonchev–Trinajstić information content (AvgIpc) is 2.84. The molecule has 0 radical (unpaired) electrons. The Morgan fingerprint density at radius 3 is 2.30 bits per heavy atom. The first kappa shape index (κ1) is 29.8.